The van der Waals surface area contributed by atoms with Crippen molar-refractivity contribution in [3.63, 3.8) is 0 Å². The molecule has 1 fully saturated rings. The molecule has 21 heavy (non-hydrogen) atoms. The molecule has 0 radical (unpaired) electrons. The van der Waals surface area contributed by atoms with Gasteiger partial charge in [-0.1, -0.05) is 0 Å². The molecule has 1 amide bonds. The number of nitrogens with one attached hydrogen (secondary N) is 1. The third-order valence-corrected chi connectivity index (χ3v) is 3.74. The fraction of sp³-hybridized carbons (Fsp3) is 0.538. The van der Waals surface area contributed by atoms with Gasteiger partial charge in [-0.2, -0.15) is 5.10 Å². The summed E-state index contributed by atoms with van der Waals surface area (Å²) >= 11 is 0. The smallest absolute Gasteiger partial charge is 0.278 e. The maximum Gasteiger partial charge on any atom is 0.278 e. The third kappa shape index (κ3) is 2.16. The molecule has 1 aliphatic heterocycles. The second-order valence-corrected chi connectivity index (χ2v) is 5.42. The van der Waals surface area contributed by atoms with Gasteiger partial charge in [-0.15, -0.1) is 10.2 Å². The van der Waals surface area contributed by atoms with Crippen LogP contribution in [0.3, 0.4) is 0 Å². The predicted octanol–water partition coefficient (Wildman–Crippen LogP) is 1.15. The summed E-state index contributed by atoms with van der Waals surface area (Å²) in [5, 5.41) is 15.1. The molecule has 8 nitrogen and oxygen atoms in total. The highest BCUT2D eigenvalue weighted by molar-refractivity contribution is 6.02. The lowest BCUT2D eigenvalue weighted by Gasteiger charge is -2.13. The molecular weight excluding hydrogens is 272 g/mol. The van der Waals surface area contributed by atoms with Gasteiger partial charge in [0, 0.05) is 25.1 Å². The number of carbonyl (C=O) groups is 1. The van der Waals surface area contributed by atoms with Crippen molar-refractivity contribution in [2.24, 2.45) is 0 Å². The second-order valence-electron chi connectivity index (χ2n) is 5.42. The van der Waals surface area contributed by atoms with E-state index in [9.17, 15) is 4.79 Å². The van der Waals surface area contributed by atoms with Gasteiger partial charge in [0.25, 0.3) is 5.91 Å². The minimum Gasteiger partial charge on any atom is -0.478 e. The van der Waals surface area contributed by atoms with E-state index in [-0.39, 0.29) is 5.91 Å². The Kier molecular flexibility index (Phi) is 2.69. The average Bonchev–Trinajstić information content (AvgIpc) is 3.10. The minimum atomic E-state index is -0.283. The molecule has 0 unspecified atom stereocenters. The number of carbonyl (C=O) groups excluding carboxylic acids is 1. The molecular formula is C13H16N6O2. The molecule has 1 N–H and O–H groups in total. The van der Waals surface area contributed by atoms with Gasteiger partial charge >= 0.3 is 0 Å². The van der Waals surface area contributed by atoms with Gasteiger partial charge in [-0.3, -0.25) is 14.7 Å². The topological polar surface area (TPSA) is 86.9 Å². The predicted molar refractivity (Wildman–Crippen MR) is 73.3 cm³/mol. The van der Waals surface area contributed by atoms with E-state index < -0.39 is 0 Å². The number of amides is 1. The first-order valence-electron chi connectivity index (χ1n) is 7.16. The Morgan fingerprint density at radius 1 is 1.43 bits per heavy atom. The molecule has 0 aromatic carbocycles. The zero-order chi connectivity index (χ0) is 14.4. The fourth-order valence-corrected chi connectivity index (χ4v) is 2.57. The summed E-state index contributed by atoms with van der Waals surface area (Å²) in [5.41, 5.74) is 0.342. The van der Waals surface area contributed by atoms with Gasteiger partial charge < -0.3 is 4.74 Å². The number of rotatable bonds is 3. The number of nitrogens with zero attached hydrogens (tertiary/aromatic N) is 5. The van der Waals surface area contributed by atoms with Gasteiger partial charge in [0.1, 0.15) is 5.82 Å². The van der Waals surface area contributed by atoms with E-state index in [1.165, 1.54) is 0 Å². The average molecular weight is 288 g/mol. The van der Waals surface area contributed by atoms with Crippen molar-refractivity contribution in [3.8, 4) is 5.88 Å². The highest BCUT2D eigenvalue weighted by atomic mass is 16.5. The first-order valence-corrected chi connectivity index (χ1v) is 7.16. The molecule has 2 aliphatic rings. The van der Waals surface area contributed by atoms with Crippen LogP contribution in [-0.4, -0.2) is 37.1 Å². The molecule has 8 heteroatoms. The minimum absolute atomic E-state index is 0.283. The van der Waals surface area contributed by atoms with Crippen molar-refractivity contribution in [2.75, 3.05) is 11.9 Å². The van der Waals surface area contributed by atoms with E-state index in [0.29, 0.717) is 30.2 Å². The number of fused-ring (bicyclic) bond motifs is 1. The first-order chi connectivity index (χ1) is 10.2. The Morgan fingerprint density at radius 3 is 3.05 bits per heavy atom. The summed E-state index contributed by atoms with van der Waals surface area (Å²) in [7, 11) is 0. The summed E-state index contributed by atoms with van der Waals surface area (Å²) in [6, 6.07) is 2.08. The van der Waals surface area contributed by atoms with Crippen LogP contribution in [0.4, 0.5) is 5.95 Å². The van der Waals surface area contributed by atoms with E-state index in [0.717, 1.165) is 31.6 Å². The standard InChI is InChI=1S/C13H16N6O2/c1-8-15-16-13(19(8)9-3-4-9)14-12(20)10-7-11-18(17-10)5-2-6-21-11/h7,9H,2-6H2,1H3,(H,14,16,20). The molecule has 3 heterocycles. The normalized spacial score (nSPS) is 17.2. The van der Waals surface area contributed by atoms with Crippen LogP contribution in [0.15, 0.2) is 6.07 Å². The van der Waals surface area contributed by atoms with Gasteiger partial charge in [-0.05, 0) is 19.8 Å². The Hall–Kier alpha value is -2.38. The van der Waals surface area contributed by atoms with Crippen LogP contribution < -0.4 is 10.1 Å². The van der Waals surface area contributed by atoms with E-state index >= 15 is 0 Å². The van der Waals surface area contributed by atoms with Crippen molar-refractivity contribution >= 4 is 11.9 Å². The van der Waals surface area contributed by atoms with E-state index in [4.69, 9.17) is 4.74 Å². The number of aryl methyl sites for hydroxylation is 2. The summed E-state index contributed by atoms with van der Waals surface area (Å²) in [4.78, 5) is 12.3. The highest BCUT2D eigenvalue weighted by Crippen LogP contribution is 2.37. The molecule has 2 aromatic rings. The number of anilines is 1. The van der Waals surface area contributed by atoms with Crippen molar-refractivity contribution in [1.82, 2.24) is 24.5 Å². The quantitative estimate of drug-likeness (QED) is 0.915. The van der Waals surface area contributed by atoms with Crippen LogP contribution in [0.1, 0.15) is 41.6 Å². The molecule has 2 aromatic heterocycles. The Balaban J connectivity index is 1.57. The first kappa shape index (κ1) is 12.4. The van der Waals surface area contributed by atoms with Crippen molar-refractivity contribution < 1.29 is 9.53 Å². The SMILES string of the molecule is Cc1nnc(NC(=O)c2cc3n(n2)CCCO3)n1C1CC1. The molecule has 0 saturated heterocycles. The third-order valence-electron chi connectivity index (χ3n) is 3.74. The highest BCUT2D eigenvalue weighted by Gasteiger charge is 2.29. The van der Waals surface area contributed by atoms with Crippen LogP contribution in [0, 0.1) is 6.92 Å². The van der Waals surface area contributed by atoms with Crippen LogP contribution in [0.2, 0.25) is 0 Å². The lowest BCUT2D eigenvalue weighted by Crippen LogP contribution is -2.18. The van der Waals surface area contributed by atoms with Crippen molar-refractivity contribution in [2.45, 2.75) is 38.8 Å². The Morgan fingerprint density at radius 2 is 2.29 bits per heavy atom. The lowest BCUT2D eigenvalue weighted by molar-refractivity contribution is 0.102. The molecule has 4 rings (SSSR count). The van der Waals surface area contributed by atoms with Crippen molar-refractivity contribution in [3.05, 3.63) is 17.6 Å². The number of hydrogen-bond acceptors (Lipinski definition) is 5. The number of aromatic nitrogens is 5. The molecule has 0 spiro atoms. The zero-order valence-electron chi connectivity index (χ0n) is 11.7. The summed E-state index contributed by atoms with van der Waals surface area (Å²) < 4.78 is 9.16. The van der Waals surface area contributed by atoms with Gasteiger partial charge in [0.2, 0.25) is 11.8 Å². The molecule has 0 atom stereocenters. The maximum absolute atomic E-state index is 12.3. The summed E-state index contributed by atoms with van der Waals surface area (Å²) in [5.74, 6) is 1.67. The molecule has 1 aliphatic carbocycles. The second kappa shape index (κ2) is 4.57. The van der Waals surface area contributed by atoms with Crippen LogP contribution >= 0.6 is 0 Å². The fourth-order valence-electron chi connectivity index (χ4n) is 2.57. The molecule has 110 valence electrons. The number of ether oxygens (including phenoxy) is 1. The Labute approximate surface area is 121 Å². The summed E-state index contributed by atoms with van der Waals surface area (Å²) in [6.07, 6.45) is 3.12. The van der Waals surface area contributed by atoms with E-state index in [1.807, 2.05) is 11.5 Å². The number of hydrogen-bond donors (Lipinski definition) is 1. The molecule has 0 bridgehead atoms. The van der Waals surface area contributed by atoms with Crippen molar-refractivity contribution in [1.29, 1.82) is 0 Å². The Bertz CT molecular complexity index is 676. The van der Waals surface area contributed by atoms with Crippen LogP contribution in [-0.2, 0) is 6.54 Å². The van der Waals surface area contributed by atoms with Gasteiger partial charge in [0.15, 0.2) is 5.69 Å². The van der Waals surface area contributed by atoms with Gasteiger partial charge in [-0.25, -0.2) is 4.68 Å². The van der Waals surface area contributed by atoms with E-state index in [2.05, 4.69) is 20.6 Å². The monoisotopic (exact) mass is 288 g/mol. The zero-order valence-corrected chi connectivity index (χ0v) is 11.7. The summed E-state index contributed by atoms with van der Waals surface area (Å²) in [6.45, 7) is 3.34. The van der Waals surface area contributed by atoms with Crippen LogP contribution in [0.25, 0.3) is 0 Å². The lowest BCUT2D eigenvalue weighted by atomic mass is 10.4. The molecule has 1 saturated carbocycles. The van der Waals surface area contributed by atoms with Crippen LogP contribution in [0.5, 0.6) is 5.88 Å². The maximum atomic E-state index is 12.3. The largest absolute Gasteiger partial charge is 0.478 e. The van der Waals surface area contributed by atoms with E-state index in [1.54, 1.807) is 10.7 Å². The van der Waals surface area contributed by atoms with Gasteiger partial charge in [0.05, 0.1) is 6.61 Å².